The first-order chi connectivity index (χ1) is 16.4. The van der Waals surface area contributed by atoms with Gasteiger partial charge in [0.2, 0.25) is 5.90 Å². The van der Waals surface area contributed by atoms with Crippen LogP contribution in [0.3, 0.4) is 0 Å². The number of esters is 1. The van der Waals surface area contributed by atoms with Crippen molar-refractivity contribution in [2.75, 3.05) is 6.61 Å². The van der Waals surface area contributed by atoms with Crippen LogP contribution in [0.15, 0.2) is 77.4 Å². The highest BCUT2D eigenvalue weighted by atomic mass is 16.6. The van der Waals surface area contributed by atoms with Gasteiger partial charge in [0.25, 0.3) is 5.69 Å². The third kappa shape index (κ3) is 5.29. The van der Waals surface area contributed by atoms with Crippen LogP contribution in [0.2, 0.25) is 0 Å². The first kappa shape index (κ1) is 22.7. The Morgan fingerprint density at radius 3 is 2.56 bits per heavy atom. The first-order valence-electron chi connectivity index (χ1n) is 10.7. The van der Waals surface area contributed by atoms with Crippen LogP contribution in [-0.4, -0.2) is 23.4 Å². The highest BCUT2D eigenvalue weighted by Gasteiger charge is 2.24. The van der Waals surface area contributed by atoms with Gasteiger partial charge < -0.3 is 14.2 Å². The molecule has 0 atom stereocenters. The lowest BCUT2D eigenvalue weighted by molar-refractivity contribution is -0.384. The lowest BCUT2D eigenvalue weighted by atomic mass is 10.1. The van der Waals surface area contributed by atoms with Gasteiger partial charge in [0, 0.05) is 17.7 Å². The van der Waals surface area contributed by atoms with E-state index in [0.717, 1.165) is 11.1 Å². The van der Waals surface area contributed by atoms with E-state index >= 15 is 0 Å². The molecule has 172 valence electrons. The average Bonchev–Trinajstić information content (AvgIpc) is 3.19. The summed E-state index contributed by atoms with van der Waals surface area (Å²) in [6.07, 6.45) is 1.62. The molecule has 0 aromatic heterocycles. The van der Waals surface area contributed by atoms with E-state index < -0.39 is 10.9 Å². The van der Waals surface area contributed by atoms with E-state index in [1.807, 2.05) is 38.1 Å². The van der Waals surface area contributed by atoms with E-state index in [1.54, 1.807) is 36.4 Å². The molecule has 8 nitrogen and oxygen atoms in total. The van der Waals surface area contributed by atoms with Gasteiger partial charge in [-0.3, -0.25) is 10.1 Å². The molecular formula is C26H22N2O6. The van der Waals surface area contributed by atoms with E-state index in [4.69, 9.17) is 14.2 Å². The number of aliphatic imine (C=N–C) groups is 1. The van der Waals surface area contributed by atoms with Crippen LogP contribution in [0.25, 0.3) is 6.08 Å². The number of cyclic esters (lactones) is 1. The zero-order valence-corrected chi connectivity index (χ0v) is 18.7. The molecule has 0 amide bonds. The molecule has 1 aliphatic heterocycles. The molecule has 1 aliphatic rings. The number of ether oxygens (including phenoxy) is 3. The highest BCUT2D eigenvalue weighted by molar-refractivity contribution is 6.12. The van der Waals surface area contributed by atoms with Gasteiger partial charge in [0.05, 0.1) is 11.5 Å². The summed E-state index contributed by atoms with van der Waals surface area (Å²) < 4.78 is 16.9. The normalized spacial score (nSPS) is 14.0. The lowest BCUT2D eigenvalue weighted by Crippen LogP contribution is -2.05. The Hall–Kier alpha value is -4.46. The van der Waals surface area contributed by atoms with Gasteiger partial charge in [-0.05, 0) is 55.3 Å². The Labute approximate surface area is 196 Å². The number of rotatable bonds is 8. The Balaban J connectivity index is 1.54. The summed E-state index contributed by atoms with van der Waals surface area (Å²) in [5.41, 5.74) is 3.36. The number of nitro groups is 1. The molecule has 0 N–H and O–H groups in total. The largest absolute Gasteiger partial charge is 0.490 e. The molecule has 0 aliphatic carbocycles. The maximum atomic E-state index is 12.3. The Morgan fingerprint density at radius 1 is 1.03 bits per heavy atom. The number of nitrogens with zero attached hydrogens (tertiary/aromatic N) is 2. The van der Waals surface area contributed by atoms with E-state index in [0.29, 0.717) is 29.2 Å². The van der Waals surface area contributed by atoms with Gasteiger partial charge in [0.1, 0.15) is 6.61 Å². The predicted molar refractivity (Wildman–Crippen MR) is 127 cm³/mol. The van der Waals surface area contributed by atoms with Crippen LogP contribution in [0.5, 0.6) is 11.5 Å². The molecular weight excluding hydrogens is 436 g/mol. The maximum Gasteiger partial charge on any atom is 0.363 e. The standard InChI is InChI=1S/C26H22N2O6/c1-3-32-24-15-18(9-12-23(24)33-16-19-5-4-6-21(13-19)28(30)31)14-22-26(29)34-25(27-22)20-10-7-17(2)8-11-20/h4-15H,3,16H2,1-2H3/b22-14-. The quantitative estimate of drug-likeness (QED) is 0.198. The summed E-state index contributed by atoms with van der Waals surface area (Å²) in [7, 11) is 0. The van der Waals surface area contributed by atoms with Crippen molar-refractivity contribution in [1.29, 1.82) is 0 Å². The molecule has 1 heterocycles. The van der Waals surface area contributed by atoms with Gasteiger partial charge in [-0.15, -0.1) is 0 Å². The zero-order valence-electron chi connectivity index (χ0n) is 18.7. The average molecular weight is 458 g/mol. The minimum atomic E-state index is -0.528. The van der Waals surface area contributed by atoms with Crippen molar-refractivity contribution in [3.63, 3.8) is 0 Å². The van der Waals surface area contributed by atoms with E-state index in [1.165, 1.54) is 12.1 Å². The van der Waals surface area contributed by atoms with Gasteiger partial charge in [-0.25, -0.2) is 9.79 Å². The third-order valence-corrected chi connectivity index (χ3v) is 5.01. The molecule has 8 heteroatoms. The molecule has 0 spiro atoms. The summed E-state index contributed by atoms with van der Waals surface area (Å²) in [5, 5.41) is 11.0. The third-order valence-electron chi connectivity index (χ3n) is 5.01. The fourth-order valence-corrected chi connectivity index (χ4v) is 3.31. The van der Waals surface area contributed by atoms with Crippen LogP contribution in [-0.2, 0) is 16.1 Å². The predicted octanol–water partition coefficient (Wildman–Crippen LogP) is 5.23. The molecule has 3 aromatic rings. The topological polar surface area (TPSA) is 100 Å². The molecule has 3 aromatic carbocycles. The Kier molecular flexibility index (Phi) is 6.68. The second kappa shape index (κ2) is 9.99. The number of nitro benzene ring substituents is 1. The monoisotopic (exact) mass is 458 g/mol. The van der Waals surface area contributed by atoms with Gasteiger partial charge in [-0.1, -0.05) is 35.9 Å². The van der Waals surface area contributed by atoms with E-state index in [2.05, 4.69) is 4.99 Å². The van der Waals surface area contributed by atoms with Crippen LogP contribution in [0.4, 0.5) is 5.69 Å². The summed E-state index contributed by atoms with van der Waals surface area (Å²) in [6, 6.07) is 19.0. The van der Waals surface area contributed by atoms with Crippen LogP contribution in [0, 0.1) is 17.0 Å². The van der Waals surface area contributed by atoms with Crippen LogP contribution in [0.1, 0.15) is 29.2 Å². The zero-order chi connectivity index (χ0) is 24.1. The minimum absolute atomic E-state index is 0.00196. The summed E-state index contributed by atoms with van der Waals surface area (Å²) in [5.74, 6) is 0.697. The van der Waals surface area contributed by atoms with Crippen molar-refractivity contribution in [3.05, 3.63) is 105 Å². The first-order valence-corrected chi connectivity index (χ1v) is 10.7. The number of benzene rings is 3. The molecule has 0 unspecified atom stereocenters. The summed E-state index contributed by atoms with van der Waals surface area (Å²) in [6.45, 7) is 4.37. The number of non-ortho nitro benzene ring substituents is 1. The van der Waals surface area contributed by atoms with Crippen molar-refractivity contribution >= 4 is 23.6 Å². The second-order valence-corrected chi connectivity index (χ2v) is 7.56. The lowest BCUT2D eigenvalue weighted by Gasteiger charge is -2.13. The van der Waals surface area contributed by atoms with Crippen LogP contribution < -0.4 is 9.47 Å². The number of carbonyl (C=O) groups is 1. The molecule has 0 bridgehead atoms. The minimum Gasteiger partial charge on any atom is -0.490 e. The van der Waals surface area contributed by atoms with E-state index in [-0.39, 0.29) is 23.9 Å². The fourth-order valence-electron chi connectivity index (χ4n) is 3.31. The van der Waals surface area contributed by atoms with Crippen molar-refractivity contribution in [1.82, 2.24) is 0 Å². The summed E-state index contributed by atoms with van der Waals surface area (Å²) >= 11 is 0. The number of carbonyl (C=O) groups excluding carboxylic acids is 1. The van der Waals surface area contributed by atoms with Crippen molar-refractivity contribution in [2.45, 2.75) is 20.5 Å². The molecule has 0 saturated carbocycles. The number of aryl methyl sites for hydroxylation is 1. The number of hydrogen-bond acceptors (Lipinski definition) is 7. The molecule has 0 saturated heterocycles. The SMILES string of the molecule is CCOc1cc(/C=C2\N=C(c3ccc(C)cc3)OC2=O)ccc1OCc1cccc([N+](=O)[O-])c1. The second-order valence-electron chi connectivity index (χ2n) is 7.56. The highest BCUT2D eigenvalue weighted by Crippen LogP contribution is 2.31. The van der Waals surface area contributed by atoms with Gasteiger partial charge in [-0.2, -0.15) is 0 Å². The van der Waals surface area contributed by atoms with Crippen LogP contribution >= 0.6 is 0 Å². The summed E-state index contributed by atoms with van der Waals surface area (Å²) in [4.78, 5) is 27.2. The fraction of sp³-hybridized carbons (Fsp3) is 0.154. The smallest absolute Gasteiger partial charge is 0.363 e. The molecule has 34 heavy (non-hydrogen) atoms. The number of hydrogen-bond donors (Lipinski definition) is 0. The van der Waals surface area contributed by atoms with Crippen molar-refractivity contribution < 1.29 is 23.9 Å². The Morgan fingerprint density at radius 2 is 1.82 bits per heavy atom. The van der Waals surface area contributed by atoms with Gasteiger partial charge >= 0.3 is 5.97 Å². The molecule has 0 radical (unpaired) electrons. The maximum absolute atomic E-state index is 12.3. The molecule has 0 fully saturated rings. The van der Waals surface area contributed by atoms with Crippen molar-refractivity contribution in [3.8, 4) is 11.5 Å². The van der Waals surface area contributed by atoms with Crippen molar-refractivity contribution in [2.24, 2.45) is 4.99 Å². The van der Waals surface area contributed by atoms with Gasteiger partial charge in [0.15, 0.2) is 17.2 Å². The molecule has 4 rings (SSSR count). The van der Waals surface area contributed by atoms with E-state index in [9.17, 15) is 14.9 Å². The Bertz CT molecular complexity index is 1290.